The maximum Gasteiger partial charge on any atom is 0.347 e. The molecule has 0 unspecified atom stereocenters. The second-order valence-electron chi connectivity index (χ2n) is 4.13. The van der Waals surface area contributed by atoms with Gasteiger partial charge >= 0.3 is 5.97 Å². The highest BCUT2D eigenvalue weighted by molar-refractivity contribution is 9.11. The average molecular weight is 455 g/mol. The van der Waals surface area contributed by atoms with Gasteiger partial charge in [0.2, 0.25) is 0 Å². The van der Waals surface area contributed by atoms with E-state index in [2.05, 4.69) is 36.6 Å². The van der Waals surface area contributed by atoms with Crippen molar-refractivity contribution in [2.24, 2.45) is 0 Å². The molecule has 0 fully saturated rings. The number of benzene rings is 1. The summed E-state index contributed by atoms with van der Waals surface area (Å²) in [6.07, 6.45) is 0. The first kappa shape index (κ1) is 16.5. The van der Waals surface area contributed by atoms with Gasteiger partial charge in [0, 0.05) is 8.95 Å². The van der Waals surface area contributed by atoms with E-state index in [4.69, 9.17) is 5.11 Å². The van der Waals surface area contributed by atoms with E-state index in [1.807, 2.05) is 6.92 Å². The van der Waals surface area contributed by atoms with Gasteiger partial charge in [0.05, 0.1) is 5.69 Å². The summed E-state index contributed by atoms with van der Waals surface area (Å²) in [5, 5.41) is 10.5. The van der Waals surface area contributed by atoms with Gasteiger partial charge in [-0.1, -0.05) is 0 Å². The van der Waals surface area contributed by atoms with Crippen LogP contribution < -0.4 is 4.72 Å². The molecular weight excluding hydrogens is 446 g/mol. The lowest BCUT2D eigenvalue weighted by Gasteiger charge is -2.12. The number of hydrogen-bond acceptors (Lipinski definition) is 4. The summed E-state index contributed by atoms with van der Waals surface area (Å²) >= 11 is 7.45. The molecule has 9 heteroatoms. The van der Waals surface area contributed by atoms with E-state index in [9.17, 15) is 13.2 Å². The Balaban J connectivity index is 2.48. The van der Waals surface area contributed by atoms with Crippen LogP contribution in [0.3, 0.4) is 0 Å². The molecule has 1 heterocycles. The predicted octanol–water partition coefficient (Wildman–Crippen LogP) is 4.08. The van der Waals surface area contributed by atoms with Crippen molar-refractivity contribution in [3.63, 3.8) is 0 Å². The van der Waals surface area contributed by atoms with Crippen LogP contribution in [0.2, 0.25) is 0 Å². The average Bonchev–Trinajstić information content (AvgIpc) is 2.83. The number of thiophene rings is 1. The minimum Gasteiger partial charge on any atom is -0.477 e. The molecule has 2 N–H and O–H groups in total. The Kier molecular flexibility index (Phi) is 4.76. The maximum absolute atomic E-state index is 12.4. The number of halogens is 2. The second kappa shape index (κ2) is 6.07. The van der Waals surface area contributed by atoms with Crippen molar-refractivity contribution in [2.75, 3.05) is 4.72 Å². The first-order chi connectivity index (χ1) is 9.72. The highest BCUT2D eigenvalue weighted by Crippen LogP contribution is 2.34. The molecule has 0 aliphatic heterocycles. The van der Waals surface area contributed by atoms with Crippen molar-refractivity contribution in [1.29, 1.82) is 0 Å². The minimum atomic E-state index is -3.98. The third kappa shape index (κ3) is 3.47. The Morgan fingerprint density at radius 3 is 2.38 bits per heavy atom. The molecule has 0 bridgehead atoms. The third-order valence-corrected chi connectivity index (χ3v) is 6.21. The van der Waals surface area contributed by atoms with Gasteiger partial charge in [0.25, 0.3) is 10.0 Å². The molecule has 0 atom stereocenters. The van der Waals surface area contributed by atoms with E-state index in [1.54, 1.807) is 12.1 Å². The fourth-order valence-corrected chi connectivity index (χ4v) is 5.89. The molecule has 2 aromatic rings. The van der Waals surface area contributed by atoms with Gasteiger partial charge in [-0.2, -0.15) is 0 Å². The van der Waals surface area contributed by atoms with Crippen LogP contribution in [0, 0.1) is 6.92 Å². The number of aromatic carboxylic acids is 1. The van der Waals surface area contributed by atoms with Crippen LogP contribution in [0.15, 0.2) is 37.4 Å². The zero-order valence-corrected chi connectivity index (χ0v) is 15.4. The van der Waals surface area contributed by atoms with Gasteiger partial charge in [-0.25, -0.2) is 13.2 Å². The smallest absolute Gasteiger partial charge is 0.347 e. The van der Waals surface area contributed by atoms with Crippen molar-refractivity contribution < 1.29 is 18.3 Å². The van der Waals surface area contributed by atoms with Gasteiger partial charge in [0.15, 0.2) is 0 Å². The van der Waals surface area contributed by atoms with Crippen LogP contribution in [0.4, 0.5) is 5.69 Å². The topological polar surface area (TPSA) is 83.5 Å². The van der Waals surface area contributed by atoms with Crippen molar-refractivity contribution in [3.8, 4) is 0 Å². The molecule has 0 amide bonds. The van der Waals surface area contributed by atoms with Crippen LogP contribution >= 0.6 is 43.2 Å². The summed E-state index contributed by atoms with van der Waals surface area (Å²) in [7, 11) is -3.98. The van der Waals surface area contributed by atoms with Crippen molar-refractivity contribution >= 4 is 64.9 Å². The fraction of sp³-hybridized carbons (Fsp3) is 0.0833. The summed E-state index contributed by atoms with van der Waals surface area (Å²) in [5.41, 5.74) is 1.27. The van der Waals surface area contributed by atoms with Crippen LogP contribution in [0.25, 0.3) is 0 Å². The Hall–Kier alpha value is -0.900. The normalized spacial score (nSPS) is 11.4. The van der Waals surface area contributed by atoms with Gasteiger partial charge < -0.3 is 5.11 Å². The fourth-order valence-electron chi connectivity index (χ4n) is 1.65. The zero-order valence-electron chi connectivity index (χ0n) is 10.6. The molecule has 0 aliphatic rings. The highest BCUT2D eigenvalue weighted by atomic mass is 79.9. The van der Waals surface area contributed by atoms with Crippen molar-refractivity contribution in [3.05, 3.63) is 43.0 Å². The molecule has 0 radical (unpaired) electrons. The first-order valence-corrected chi connectivity index (χ1v) is 9.46. The number of anilines is 1. The van der Waals surface area contributed by atoms with Gasteiger partial charge in [-0.05, 0) is 67.9 Å². The maximum atomic E-state index is 12.4. The van der Waals surface area contributed by atoms with E-state index in [0.717, 1.165) is 16.9 Å². The van der Waals surface area contributed by atoms with Crippen LogP contribution in [-0.4, -0.2) is 19.5 Å². The highest BCUT2D eigenvalue weighted by Gasteiger charge is 2.25. The molecule has 1 aromatic heterocycles. The molecule has 0 spiro atoms. The van der Waals surface area contributed by atoms with Gasteiger partial charge in [-0.3, -0.25) is 4.72 Å². The van der Waals surface area contributed by atoms with Gasteiger partial charge in [-0.15, -0.1) is 11.3 Å². The summed E-state index contributed by atoms with van der Waals surface area (Å²) in [4.78, 5) is 10.6. The van der Waals surface area contributed by atoms with Crippen LogP contribution in [0.5, 0.6) is 0 Å². The number of carboxylic acids is 1. The van der Waals surface area contributed by atoms with Crippen molar-refractivity contribution in [1.82, 2.24) is 0 Å². The quantitative estimate of drug-likeness (QED) is 0.728. The SMILES string of the molecule is Cc1cc(Br)c(NS(=O)(=O)c2ccsc2C(=O)O)c(Br)c1. The molecular formula is C12H9Br2NO4S2. The summed E-state index contributed by atoms with van der Waals surface area (Å²) < 4.78 is 28.3. The third-order valence-electron chi connectivity index (χ3n) is 2.54. The largest absolute Gasteiger partial charge is 0.477 e. The number of rotatable bonds is 4. The lowest BCUT2D eigenvalue weighted by Crippen LogP contribution is -2.16. The molecule has 112 valence electrons. The summed E-state index contributed by atoms with van der Waals surface area (Å²) in [6, 6.07) is 4.79. The van der Waals surface area contributed by atoms with E-state index < -0.39 is 16.0 Å². The standard InChI is InChI=1S/C12H9Br2NO4S2/c1-6-4-7(13)10(8(14)5-6)15-21(18,19)9-2-3-20-11(9)12(16)17/h2-5,15H,1H3,(H,16,17). The lowest BCUT2D eigenvalue weighted by molar-refractivity contribution is 0.0698. The van der Waals surface area contributed by atoms with Gasteiger partial charge in [0.1, 0.15) is 9.77 Å². The number of aryl methyl sites for hydroxylation is 1. The number of carbonyl (C=O) groups is 1. The number of sulfonamides is 1. The molecule has 0 aliphatic carbocycles. The van der Waals surface area contributed by atoms with Crippen LogP contribution in [-0.2, 0) is 10.0 Å². The number of hydrogen-bond donors (Lipinski definition) is 2. The molecule has 5 nitrogen and oxygen atoms in total. The molecule has 21 heavy (non-hydrogen) atoms. The van der Waals surface area contributed by atoms with E-state index in [1.165, 1.54) is 11.4 Å². The molecule has 0 saturated heterocycles. The van der Waals surface area contributed by atoms with E-state index in [0.29, 0.717) is 14.6 Å². The van der Waals surface area contributed by atoms with E-state index in [-0.39, 0.29) is 9.77 Å². The first-order valence-electron chi connectivity index (χ1n) is 5.51. The number of carboxylic acid groups (broad SMARTS) is 1. The van der Waals surface area contributed by atoms with E-state index >= 15 is 0 Å². The lowest BCUT2D eigenvalue weighted by atomic mass is 10.2. The number of nitrogens with one attached hydrogen (secondary N) is 1. The van der Waals surface area contributed by atoms with Crippen molar-refractivity contribution in [2.45, 2.75) is 11.8 Å². The Morgan fingerprint density at radius 2 is 1.86 bits per heavy atom. The Bertz CT molecular complexity index is 791. The van der Waals surface area contributed by atoms with Crippen LogP contribution in [0.1, 0.15) is 15.2 Å². The predicted molar refractivity (Wildman–Crippen MR) is 88.7 cm³/mol. The second-order valence-corrected chi connectivity index (χ2v) is 8.40. The Morgan fingerprint density at radius 1 is 1.29 bits per heavy atom. The molecule has 2 rings (SSSR count). The molecule has 1 aromatic carbocycles. The summed E-state index contributed by atoms with van der Waals surface area (Å²) in [5.74, 6) is -1.27. The zero-order chi connectivity index (χ0) is 15.8. The Labute approximate surface area is 142 Å². The summed E-state index contributed by atoms with van der Waals surface area (Å²) in [6.45, 7) is 1.87. The minimum absolute atomic E-state index is 0.221. The molecule has 0 saturated carbocycles. The monoisotopic (exact) mass is 453 g/mol.